The van der Waals surface area contributed by atoms with Gasteiger partial charge >= 0.3 is 0 Å². The molecule has 154 valence electrons. The van der Waals surface area contributed by atoms with Crippen molar-refractivity contribution in [2.24, 2.45) is 29.1 Å². The van der Waals surface area contributed by atoms with Gasteiger partial charge in [-0.25, -0.2) is 0 Å². The van der Waals surface area contributed by atoms with Gasteiger partial charge in [0.25, 0.3) is 0 Å². The highest BCUT2D eigenvalue weighted by molar-refractivity contribution is 5.88. The van der Waals surface area contributed by atoms with Crippen LogP contribution < -0.4 is 4.90 Å². The molecule has 0 heterocycles. The van der Waals surface area contributed by atoms with Gasteiger partial charge in [0.05, 0.1) is 5.76 Å². The first-order valence-corrected chi connectivity index (χ1v) is 11.4. The van der Waals surface area contributed by atoms with Crippen LogP contribution in [0.4, 0.5) is 5.69 Å². The van der Waals surface area contributed by atoms with E-state index in [1.54, 1.807) is 0 Å². The first-order valence-electron chi connectivity index (χ1n) is 11.4. The molecule has 1 N–H and O–H groups in total. The van der Waals surface area contributed by atoms with Crippen molar-refractivity contribution in [3.8, 4) is 0 Å². The fourth-order valence-corrected chi connectivity index (χ4v) is 7.15. The Morgan fingerprint density at radius 3 is 2.83 bits per heavy atom. The molecule has 29 heavy (non-hydrogen) atoms. The van der Waals surface area contributed by atoms with E-state index in [-0.39, 0.29) is 5.41 Å². The number of aliphatic hydroxyl groups is 1. The number of carbonyl (C=O) groups excluding carboxylic acids is 1. The fourth-order valence-electron chi connectivity index (χ4n) is 7.15. The van der Waals surface area contributed by atoms with Crippen LogP contribution in [0.3, 0.4) is 0 Å². The van der Waals surface area contributed by atoms with Gasteiger partial charge in [-0.2, -0.15) is 0 Å². The summed E-state index contributed by atoms with van der Waals surface area (Å²) in [6, 6.07) is 8.77. The molecule has 3 nitrogen and oxygen atoms in total. The van der Waals surface area contributed by atoms with Crippen LogP contribution >= 0.6 is 0 Å². The molecule has 2 saturated carbocycles. The number of aliphatic hydroxyl groups excluding tert-OH is 1. The number of allylic oxidation sites excluding steroid dienone is 4. The lowest BCUT2D eigenvalue weighted by Crippen LogP contribution is -2.48. The number of carbonyl (C=O) groups is 1. The smallest absolute Gasteiger partial charge is 0.139 e. The van der Waals surface area contributed by atoms with Crippen molar-refractivity contribution in [2.45, 2.75) is 51.4 Å². The van der Waals surface area contributed by atoms with Gasteiger partial charge in [-0.15, -0.1) is 0 Å². The summed E-state index contributed by atoms with van der Waals surface area (Å²) in [4.78, 5) is 15.4. The van der Waals surface area contributed by atoms with Gasteiger partial charge < -0.3 is 10.0 Å². The molecule has 0 aliphatic heterocycles. The lowest BCUT2D eigenvalue weighted by Gasteiger charge is -2.52. The molecule has 0 spiro atoms. The van der Waals surface area contributed by atoms with E-state index >= 15 is 0 Å². The van der Waals surface area contributed by atoms with Gasteiger partial charge in [0, 0.05) is 38.0 Å². The molecule has 0 bridgehead atoms. The van der Waals surface area contributed by atoms with Gasteiger partial charge in [0.1, 0.15) is 5.78 Å². The number of Topliss-reactive ketones (excluding diaryl/α,β-unsaturated/α-hetero) is 1. The Morgan fingerprint density at radius 2 is 2.00 bits per heavy atom. The standard InChI is InChI=1S/C26H33NO2/c1-27(2)19-5-3-4-17(14-19)16-26-13-12-22-21-9-7-20(28)15-18(21)6-8-23(22)24(26)10-11-25(26)29/h3-6,14-15,21-24,28H,7-13,16H2,1-2H3/t21-,22+,23+,24-,26+/m0/s1. The molecule has 4 aliphatic carbocycles. The Bertz CT molecular complexity index is 882. The van der Waals surface area contributed by atoms with Crippen LogP contribution in [0.15, 0.2) is 47.7 Å². The van der Waals surface area contributed by atoms with Crippen molar-refractivity contribution >= 4 is 11.5 Å². The predicted molar refractivity (Wildman–Crippen MR) is 117 cm³/mol. The Kier molecular flexibility index (Phi) is 4.60. The van der Waals surface area contributed by atoms with E-state index in [9.17, 15) is 9.90 Å². The average Bonchev–Trinajstić information content (AvgIpc) is 3.04. The summed E-state index contributed by atoms with van der Waals surface area (Å²) >= 11 is 0. The number of benzene rings is 1. The number of nitrogens with zero attached hydrogens (tertiary/aromatic N) is 1. The second-order valence-corrected chi connectivity index (χ2v) is 10.1. The highest BCUT2D eigenvalue weighted by Gasteiger charge is 2.57. The number of anilines is 1. The topological polar surface area (TPSA) is 40.5 Å². The summed E-state index contributed by atoms with van der Waals surface area (Å²) in [6.07, 6.45) is 12.3. The number of hydrogen-bond acceptors (Lipinski definition) is 3. The van der Waals surface area contributed by atoms with E-state index < -0.39 is 0 Å². The van der Waals surface area contributed by atoms with Crippen LogP contribution in [0.5, 0.6) is 0 Å². The highest BCUT2D eigenvalue weighted by atomic mass is 16.3. The minimum atomic E-state index is -0.149. The van der Waals surface area contributed by atoms with Crippen molar-refractivity contribution in [1.82, 2.24) is 0 Å². The Morgan fingerprint density at radius 1 is 1.14 bits per heavy atom. The second-order valence-electron chi connectivity index (χ2n) is 10.1. The molecule has 4 aliphatic rings. The van der Waals surface area contributed by atoms with E-state index in [2.05, 4.69) is 49.3 Å². The summed E-state index contributed by atoms with van der Waals surface area (Å²) in [6.45, 7) is 0. The fraction of sp³-hybridized carbons (Fsp3) is 0.577. The zero-order valence-electron chi connectivity index (χ0n) is 17.7. The Hall–Kier alpha value is -2.03. The molecule has 5 rings (SSSR count). The lowest BCUT2D eigenvalue weighted by atomic mass is 9.52. The predicted octanol–water partition coefficient (Wildman–Crippen LogP) is 5.47. The van der Waals surface area contributed by atoms with Crippen LogP contribution in [-0.4, -0.2) is 25.0 Å². The van der Waals surface area contributed by atoms with Crippen LogP contribution in [0.2, 0.25) is 0 Å². The average molecular weight is 392 g/mol. The lowest BCUT2D eigenvalue weighted by molar-refractivity contribution is -0.132. The number of ketones is 1. The maximum Gasteiger partial charge on any atom is 0.139 e. The van der Waals surface area contributed by atoms with Crippen LogP contribution in [0, 0.1) is 29.1 Å². The number of hydrogen-bond donors (Lipinski definition) is 1. The molecule has 0 saturated heterocycles. The summed E-state index contributed by atoms with van der Waals surface area (Å²) in [5.74, 6) is 3.51. The molecule has 2 fully saturated rings. The normalized spacial score (nSPS) is 35.9. The third kappa shape index (κ3) is 3.05. The quantitative estimate of drug-likeness (QED) is 0.743. The summed E-state index contributed by atoms with van der Waals surface area (Å²) < 4.78 is 0. The van der Waals surface area contributed by atoms with Gasteiger partial charge in [-0.1, -0.05) is 18.2 Å². The van der Waals surface area contributed by atoms with Crippen molar-refractivity contribution in [3.05, 3.63) is 53.3 Å². The summed E-state index contributed by atoms with van der Waals surface area (Å²) in [5.41, 5.74) is 3.75. The largest absolute Gasteiger partial charge is 0.512 e. The van der Waals surface area contributed by atoms with Gasteiger partial charge in [-0.05, 0) is 91.5 Å². The Balaban J connectivity index is 1.46. The third-order valence-corrected chi connectivity index (χ3v) is 8.50. The number of rotatable bonds is 3. The molecule has 0 amide bonds. The minimum absolute atomic E-state index is 0.149. The van der Waals surface area contributed by atoms with E-state index in [0.29, 0.717) is 35.2 Å². The first kappa shape index (κ1) is 19.0. The molecule has 0 radical (unpaired) electrons. The van der Waals surface area contributed by atoms with Gasteiger partial charge in [0.15, 0.2) is 0 Å². The molecular weight excluding hydrogens is 358 g/mol. The molecule has 0 unspecified atom stereocenters. The maximum absolute atomic E-state index is 13.3. The third-order valence-electron chi connectivity index (χ3n) is 8.50. The monoisotopic (exact) mass is 391 g/mol. The zero-order chi connectivity index (χ0) is 20.2. The first-order chi connectivity index (χ1) is 14.0. The molecule has 1 aromatic carbocycles. The van der Waals surface area contributed by atoms with Crippen LogP contribution in [0.25, 0.3) is 0 Å². The highest BCUT2D eigenvalue weighted by Crippen LogP contribution is 2.61. The van der Waals surface area contributed by atoms with Gasteiger partial charge in [-0.3, -0.25) is 4.79 Å². The Labute approximate surface area is 174 Å². The van der Waals surface area contributed by atoms with E-state index in [4.69, 9.17) is 0 Å². The van der Waals surface area contributed by atoms with E-state index in [1.165, 1.54) is 16.8 Å². The zero-order valence-corrected chi connectivity index (χ0v) is 17.7. The van der Waals surface area contributed by atoms with E-state index in [1.807, 2.05) is 6.08 Å². The summed E-state index contributed by atoms with van der Waals surface area (Å²) in [7, 11) is 4.16. The molecule has 3 heteroatoms. The SMILES string of the molecule is CN(C)c1cccc(C[C@]23CC[C@H]4[C@@H](CC=C5C=C(O)CC[C@@H]54)[C@@H]2CCC3=O)c1. The van der Waals surface area contributed by atoms with Crippen molar-refractivity contribution < 1.29 is 9.90 Å². The van der Waals surface area contributed by atoms with Crippen molar-refractivity contribution in [3.63, 3.8) is 0 Å². The van der Waals surface area contributed by atoms with E-state index in [0.717, 1.165) is 51.4 Å². The maximum atomic E-state index is 13.3. The molecular formula is C26H33NO2. The second kappa shape index (κ2) is 7.04. The minimum Gasteiger partial charge on any atom is -0.512 e. The molecule has 1 aromatic rings. The van der Waals surface area contributed by atoms with Crippen LogP contribution in [-0.2, 0) is 11.2 Å². The molecule has 5 atom stereocenters. The summed E-state index contributed by atoms with van der Waals surface area (Å²) in [5, 5.41) is 9.97. The number of fused-ring (bicyclic) bond motifs is 5. The van der Waals surface area contributed by atoms with Gasteiger partial charge in [0.2, 0.25) is 0 Å². The van der Waals surface area contributed by atoms with Crippen LogP contribution in [0.1, 0.15) is 50.5 Å². The van der Waals surface area contributed by atoms with Crippen molar-refractivity contribution in [1.29, 1.82) is 0 Å². The molecule has 0 aromatic heterocycles. The van der Waals surface area contributed by atoms with Crippen molar-refractivity contribution in [2.75, 3.05) is 19.0 Å².